The number of benzene rings is 2. The number of nitrogens with zero attached hydrogens (tertiary/aromatic N) is 1. The lowest BCUT2D eigenvalue weighted by atomic mass is 10.1. The molecule has 0 spiro atoms. The van der Waals surface area contributed by atoms with E-state index in [9.17, 15) is 13.2 Å². The summed E-state index contributed by atoms with van der Waals surface area (Å²) in [6.07, 6.45) is 1.01. The number of likely N-dealkylation sites (N-methyl/N-ethyl adjacent to an activating group) is 1. The Morgan fingerprint density at radius 1 is 1.08 bits per heavy atom. The van der Waals surface area contributed by atoms with E-state index in [1.807, 2.05) is 36.4 Å². The topological polar surface area (TPSA) is 66.5 Å². The summed E-state index contributed by atoms with van der Waals surface area (Å²) in [4.78, 5) is 13.4. The molecule has 126 valence electrons. The van der Waals surface area contributed by atoms with Crippen LogP contribution in [0.4, 0.5) is 5.69 Å². The van der Waals surface area contributed by atoms with Crippen LogP contribution in [0.1, 0.15) is 16.7 Å². The number of carbonyl (C=O) groups is 1. The Bertz CT molecular complexity index is 848. The third-order valence-electron chi connectivity index (χ3n) is 4.16. The van der Waals surface area contributed by atoms with E-state index >= 15 is 0 Å². The zero-order chi connectivity index (χ0) is 17.2. The molecule has 1 amide bonds. The van der Waals surface area contributed by atoms with Crippen molar-refractivity contribution in [3.05, 3.63) is 65.2 Å². The molecule has 0 aromatic heterocycles. The van der Waals surface area contributed by atoms with Gasteiger partial charge in [-0.05, 0) is 29.2 Å². The van der Waals surface area contributed by atoms with Gasteiger partial charge in [0.05, 0.1) is 12.2 Å². The van der Waals surface area contributed by atoms with Gasteiger partial charge in [-0.3, -0.25) is 4.79 Å². The Kier molecular flexibility index (Phi) is 4.69. The van der Waals surface area contributed by atoms with Gasteiger partial charge in [-0.25, -0.2) is 13.1 Å². The van der Waals surface area contributed by atoms with Crippen molar-refractivity contribution in [3.63, 3.8) is 0 Å². The van der Waals surface area contributed by atoms with E-state index in [2.05, 4.69) is 4.72 Å². The second-order valence-electron chi connectivity index (χ2n) is 5.98. The fraction of sp³-hybridized carbons (Fsp3) is 0.278. The Morgan fingerprint density at radius 3 is 2.58 bits per heavy atom. The van der Waals surface area contributed by atoms with Crippen molar-refractivity contribution in [2.45, 2.75) is 18.6 Å². The molecule has 24 heavy (non-hydrogen) atoms. The summed E-state index contributed by atoms with van der Waals surface area (Å²) < 4.78 is 26.8. The Labute approximate surface area is 142 Å². The highest BCUT2D eigenvalue weighted by molar-refractivity contribution is 7.88. The number of anilines is 1. The summed E-state index contributed by atoms with van der Waals surface area (Å²) in [5, 5.41) is 0. The fourth-order valence-corrected chi connectivity index (χ4v) is 4.02. The highest BCUT2D eigenvalue weighted by Gasteiger charge is 2.23. The van der Waals surface area contributed by atoms with Crippen LogP contribution in [0.2, 0.25) is 0 Å². The number of hydrogen-bond donors (Lipinski definition) is 1. The monoisotopic (exact) mass is 344 g/mol. The van der Waals surface area contributed by atoms with Gasteiger partial charge < -0.3 is 4.90 Å². The third-order valence-corrected chi connectivity index (χ3v) is 5.51. The van der Waals surface area contributed by atoms with Gasteiger partial charge in [0.25, 0.3) is 0 Å². The van der Waals surface area contributed by atoms with E-state index in [1.165, 1.54) is 0 Å². The van der Waals surface area contributed by atoms with Crippen LogP contribution in [-0.2, 0) is 33.4 Å². The molecular formula is C18H20N2O3S. The molecule has 0 saturated carbocycles. The van der Waals surface area contributed by atoms with Crippen LogP contribution in [-0.4, -0.2) is 27.9 Å². The van der Waals surface area contributed by atoms with Crippen molar-refractivity contribution in [1.29, 1.82) is 0 Å². The summed E-state index contributed by atoms with van der Waals surface area (Å²) >= 11 is 0. The minimum Gasteiger partial charge on any atom is -0.315 e. The Balaban J connectivity index is 1.57. The first-order valence-electron chi connectivity index (χ1n) is 7.84. The van der Waals surface area contributed by atoms with Gasteiger partial charge in [-0.2, -0.15) is 0 Å². The molecule has 6 heteroatoms. The number of carbonyl (C=O) groups excluding carboxylic acids is 1. The second-order valence-corrected chi connectivity index (χ2v) is 7.79. The van der Waals surface area contributed by atoms with Crippen LogP contribution in [0.25, 0.3) is 0 Å². The first-order valence-corrected chi connectivity index (χ1v) is 9.49. The molecule has 1 N–H and O–H groups in total. The smallest absolute Gasteiger partial charge is 0.231 e. The number of amides is 1. The lowest BCUT2D eigenvalue weighted by Gasteiger charge is -2.11. The van der Waals surface area contributed by atoms with Gasteiger partial charge in [0.1, 0.15) is 0 Å². The van der Waals surface area contributed by atoms with Crippen LogP contribution in [0.3, 0.4) is 0 Å². The number of sulfonamides is 1. The number of fused-ring (bicyclic) bond motifs is 1. The number of hydrogen-bond acceptors (Lipinski definition) is 3. The first kappa shape index (κ1) is 16.7. The zero-order valence-electron chi connectivity index (χ0n) is 13.5. The van der Waals surface area contributed by atoms with Gasteiger partial charge in [0, 0.05) is 19.3 Å². The van der Waals surface area contributed by atoms with Gasteiger partial charge in [-0.15, -0.1) is 0 Å². The van der Waals surface area contributed by atoms with Gasteiger partial charge >= 0.3 is 0 Å². The summed E-state index contributed by atoms with van der Waals surface area (Å²) in [6.45, 7) is 0.345. The Morgan fingerprint density at radius 2 is 1.83 bits per heavy atom. The Hall–Kier alpha value is -2.18. The largest absolute Gasteiger partial charge is 0.315 e. The summed E-state index contributed by atoms with van der Waals surface area (Å²) in [6, 6.07) is 15.0. The molecule has 0 saturated heterocycles. The predicted octanol–water partition coefficient (Wildman–Crippen LogP) is 1.87. The van der Waals surface area contributed by atoms with Crippen molar-refractivity contribution in [3.8, 4) is 0 Å². The van der Waals surface area contributed by atoms with Crippen LogP contribution in [0.5, 0.6) is 0 Å². The maximum absolute atomic E-state index is 12.1. The number of nitrogens with one attached hydrogen (secondary N) is 1. The summed E-state index contributed by atoms with van der Waals surface area (Å²) in [7, 11) is -1.58. The van der Waals surface area contributed by atoms with Crippen molar-refractivity contribution in [2.75, 3.05) is 18.5 Å². The van der Waals surface area contributed by atoms with E-state index in [4.69, 9.17) is 0 Å². The van der Waals surface area contributed by atoms with Crippen molar-refractivity contribution in [2.24, 2.45) is 0 Å². The first-order chi connectivity index (χ1) is 11.4. The molecule has 2 aromatic carbocycles. The molecule has 0 aliphatic carbocycles. The highest BCUT2D eigenvalue weighted by atomic mass is 32.2. The minimum atomic E-state index is -3.35. The molecule has 2 aromatic rings. The molecule has 5 nitrogen and oxygen atoms in total. The van der Waals surface area contributed by atoms with Gasteiger partial charge in [-0.1, -0.05) is 42.5 Å². The normalized spacial score (nSPS) is 14.0. The predicted molar refractivity (Wildman–Crippen MR) is 94.3 cm³/mol. The molecule has 1 aliphatic heterocycles. The van der Waals surface area contributed by atoms with Crippen molar-refractivity contribution >= 4 is 21.6 Å². The van der Waals surface area contributed by atoms with Crippen LogP contribution in [0.15, 0.2) is 48.5 Å². The van der Waals surface area contributed by atoms with Crippen LogP contribution < -0.4 is 9.62 Å². The lowest BCUT2D eigenvalue weighted by Crippen LogP contribution is -2.27. The van der Waals surface area contributed by atoms with E-state index in [0.29, 0.717) is 19.4 Å². The lowest BCUT2D eigenvalue weighted by molar-refractivity contribution is -0.117. The molecule has 0 bridgehead atoms. The molecular weight excluding hydrogens is 324 g/mol. The summed E-state index contributed by atoms with van der Waals surface area (Å²) in [5.74, 6) is 0.0721. The van der Waals surface area contributed by atoms with Crippen molar-refractivity contribution in [1.82, 2.24) is 4.72 Å². The molecule has 3 rings (SSSR count). The quantitative estimate of drug-likeness (QED) is 0.870. The zero-order valence-corrected chi connectivity index (χ0v) is 14.3. The van der Waals surface area contributed by atoms with Gasteiger partial charge in [0.15, 0.2) is 0 Å². The van der Waals surface area contributed by atoms with Crippen LogP contribution >= 0.6 is 0 Å². The van der Waals surface area contributed by atoms with E-state index in [1.54, 1.807) is 24.1 Å². The van der Waals surface area contributed by atoms with E-state index in [-0.39, 0.29) is 11.7 Å². The summed E-state index contributed by atoms with van der Waals surface area (Å²) in [5.41, 5.74) is 3.74. The minimum absolute atomic E-state index is 0.0165. The molecule has 0 fully saturated rings. The fourth-order valence-electron chi connectivity index (χ4n) is 2.87. The second kappa shape index (κ2) is 6.75. The van der Waals surface area contributed by atoms with Crippen LogP contribution in [0, 0.1) is 0 Å². The molecule has 0 unspecified atom stereocenters. The average Bonchev–Trinajstić information content (AvgIpc) is 2.82. The molecule has 1 aliphatic rings. The third kappa shape index (κ3) is 3.83. The average molecular weight is 344 g/mol. The number of rotatable bonds is 6. The maximum atomic E-state index is 12.1. The molecule has 0 radical (unpaired) electrons. The van der Waals surface area contributed by atoms with E-state index in [0.717, 1.165) is 22.4 Å². The molecule has 0 atom stereocenters. The van der Waals surface area contributed by atoms with Crippen molar-refractivity contribution < 1.29 is 13.2 Å². The van der Waals surface area contributed by atoms with E-state index < -0.39 is 10.0 Å². The van der Waals surface area contributed by atoms with Gasteiger partial charge in [0.2, 0.25) is 15.9 Å². The SMILES string of the molecule is CN1C(=O)Cc2cc(CCNS(=O)(=O)Cc3ccccc3)ccc21. The standard InChI is InChI=1S/C18H20N2O3S/c1-20-17-8-7-14(11-16(17)12-18(20)21)9-10-19-24(22,23)13-15-5-3-2-4-6-15/h2-8,11,19H,9-10,12-13H2,1H3. The molecule has 1 heterocycles. The maximum Gasteiger partial charge on any atom is 0.231 e. The highest BCUT2D eigenvalue weighted by Crippen LogP contribution is 2.28.